The first-order valence-electron chi connectivity index (χ1n) is 7.71. The number of hydrogen-bond donors (Lipinski definition) is 1. The molecule has 1 aromatic rings. The number of nitrogens with one attached hydrogen (secondary N) is 1. The Morgan fingerprint density at radius 1 is 1.38 bits per heavy atom. The van der Waals surface area contributed by atoms with E-state index in [1.54, 1.807) is 12.0 Å². The molecule has 0 heterocycles. The van der Waals surface area contributed by atoms with Crippen LogP contribution in [0.2, 0.25) is 0 Å². The van der Waals surface area contributed by atoms with Gasteiger partial charge in [-0.05, 0) is 50.3 Å². The van der Waals surface area contributed by atoms with E-state index in [1.165, 1.54) is 18.4 Å². The van der Waals surface area contributed by atoms with Gasteiger partial charge in [0.15, 0.2) is 0 Å². The van der Waals surface area contributed by atoms with E-state index in [4.69, 9.17) is 4.74 Å². The molecule has 1 amide bonds. The molecule has 2 rings (SSSR count). The lowest BCUT2D eigenvalue weighted by Crippen LogP contribution is -2.44. The summed E-state index contributed by atoms with van der Waals surface area (Å²) in [6.07, 6.45) is 2.46. The quantitative estimate of drug-likeness (QED) is 0.839. The zero-order valence-electron chi connectivity index (χ0n) is 13.4. The summed E-state index contributed by atoms with van der Waals surface area (Å²) in [6, 6.07) is 8.24. The van der Waals surface area contributed by atoms with E-state index < -0.39 is 0 Å². The summed E-state index contributed by atoms with van der Waals surface area (Å²) < 4.78 is 5.21. The van der Waals surface area contributed by atoms with Crippen LogP contribution in [-0.4, -0.2) is 37.6 Å². The van der Waals surface area contributed by atoms with Gasteiger partial charge in [0.2, 0.25) is 5.91 Å². The third-order valence-corrected chi connectivity index (χ3v) is 4.22. The van der Waals surface area contributed by atoms with E-state index in [0.717, 1.165) is 12.3 Å². The summed E-state index contributed by atoms with van der Waals surface area (Å²) in [5.74, 6) is 1.65. The van der Waals surface area contributed by atoms with Crippen molar-refractivity contribution in [3.63, 3.8) is 0 Å². The molecule has 0 radical (unpaired) electrons. The van der Waals surface area contributed by atoms with Gasteiger partial charge in [-0.3, -0.25) is 10.1 Å². The summed E-state index contributed by atoms with van der Waals surface area (Å²) >= 11 is 0. The molecule has 1 fully saturated rings. The van der Waals surface area contributed by atoms with Crippen molar-refractivity contribution >= 4 is 5.91 Å². The number of rotatable bonds is 7. The maximum atomic E-state index is 12.2. The molecular formula is C17H26N2O2. The predicted octanol–water partition coefficient (Wildman–Crippen LogP) is 2.60. The van der Waals surface area contributed by atoms with Gasteiger partial charge in [0.1, 0.15) is 5.75 Å². The smallest absolute Gasteiger partial charge is 0.239 e. The molecule has 2 atom stereocenters. The highest BCUT2D eigenvalue weighted by Crippen LogP contribution is 2.41. The van der Waals surface area contributed by atoms with Gasteiger partial charge in [-0.15, -0.1) is 0 Å². The topological polar surface area (TPSA) is 41.6 Å². The predicted molar refractivity (Wildman–Crippen MR) is 84.4 cm³/mol. The summed E-state index contributed by atoms with van der Waals surface area (Å²) in [7, 11) is 3.52. The molecular weight excluding hydrogens is 264 g/mol. The molecule has 0 saturated heterocycles. The minimum Gasteiger partial charge on any atom is -0.497 e. The van der Waals surface area contributed by atoms with Gasteiger partial charge in [-0.2, -0.15) is 0 Å². The first-order valence-corrected chi connectivity index (χ1v) is 7.71. The molecule has 2 unspecified atom stereocenters. The summed E-state index contributed by atoms with van der Waals surface area (Å²) in [5, 5.41) is 3.52. The molecule has 0 aromatic heterocycles. The lowest BCUT2D eigenvalue weighted by molar-refractivity contribution is -0.131. The fraction of sp³-hybridized carbons (Fsp3) is 0.588. The highest BCUT2D eigenvalue weighted by Gasteiger charge is 2.34. The van der Waals surface area contributed by atoms with Crippen LogP contribution in [0.5, 0.6) is 5.75 Å². The number of ether oxygens (including phenoxy) is 1. The van der Waals surface area contributed by atoms with Crippen molar-refractivity contribution in [2.24, 2.45) is 5.92 Å². The maximum Gasteiger partial charge on any atom is 0.239 e. The third-order valence-electron chi connectivity index (χ3n) is 4.22. The van der Waals surface area contributed by atoms with Crippen molar-refractivity contribution in [3.8, 4) is 5.75 Å². The van der Waals surface area contributed by atoms with Gasteiger partial charge in [0, 0.05) is 19.6 Å². The second-order valence-corrected chi connectivity index (χ2v) is 5.83. The number of carbonyl (C=O) groups is 1. The Bertz CT molecular complexity index is 468. The number of likely N-dealkylation sites (N-methyl/N-ethyl adjacent to an activating group) is 1. The molecule has 1 N–H and O–H groups in total. The van der Waals surface area contributed by atoms with Crippen LogP contribution in [0.1, 0.15) is 38.3 Å². The Labute approximate surface area is 127 Å². The van der Waals surface area contributed by atoms with Crippen LogP contribution in [0, 0.1) is 5.92 Å². The second kappa shape index (κ2) is 6.94. The normalized spacial score (nSPS) is 17.1. The zero-order chi connectivity index (χ0) is 15.4. The van der Waals surface area contributed by atoms with E-state index in [9.17, 15) is 4.79 Å². The van der Waals surface area contributed by atoms with E-state index in [2.05, 4.69) is 17.4 Å². The maximum absolute atomic E-state index is 12.2. The van der Waals surface area contributed by atoms with Crippen molar-refractivity contribution < 1.29 is 9.53 Å². The molecule has 0 spiro atoms. The highest BCUT2D eigenvalue weighted by atomic mass is 16.5. The monoisotopic (exact) mass is 290 g/mol. The van der Waals surface area contributed by atoms with Gasteiger partial charge < -0.3 is 9.64 Å². The van der Waals surface area contributed by atoms with Crippen LogP contribution in [-0.2, 0) is 4.79 Å². The molecule has 21 heavy (non-hydrogen) atoms. The molecule has 0 aliphatic heterocycles. The summed E-state index contributed by atoms with van der Waals surface area (Å²) in [5.41, 5.74) is 1.23. The molecule has 1 saturated carbocycles. The Morgan fingerprint density at radius 2 is 2.00 bits per heavy atom. The number of hydrogen-bond acceptors (Lipinski definition) is 3. The average molecular weight is 290 g/mol. The first kappa shape index (κ1) is 15.8. The second-order valence-electron chi connectivity index (χ2n) is 5.83. The van der Waals surface area contributed by atoms with Gasteiger partial charge in [-0.1, -0.05) is 12.1 Å². The van der Waals surface area contributed by atoms with Crippen molar-refractivity contribution in [3.05, 3.63) is 29.8 Å². The SMILES string of the molecule is CCN(C)C(=O)C(C)NC(c1ccc(OC)cc1)C1CC1. The van der Waals surface area contributed by atoms with Crippen molar-refractivity contribution in [2.45, 2.75) is 38.8 Å². The summed E-state index contributed by atoms with van der Waals surface area (Å²) in [4.78, 5) is 14.0. The van der Waals surface area contributed by atoms with Crippen LogP contribution in [0.25, 0.3) is 0 Å². The van der Waals surface area contributed by atoms with E-state index in [0.29, 0.717) is 5.92 Å². The fourth-order valence-corrected chi connectivity index (χ4v) is 2.57. The van der Waals surface area contributed by atoms with E-state index in [-0.39, 0.29) is 18.0 Å². The molecule has 1 aliphatic carbocycles. The first-order chi connectivity index (χ1) is 10.1. The lowest BCUT2D eigenvalue weighted by Gasteiger charge is -2.26. The largest absolute Gasteiger partial charge is 0.497 e. The Balaban J connectivity index is 2.06. The van der Waals surface area contributed by atoms with Gasteiger partial charge >= 0.3 is 0 Å². The van der Waals surface area contributed by atoms with Crippen LogP contribution < -0.4 is 10.1 Å². The highest BCUT2D eigenvalue weighted by molar-refractivity contribution is 5.81. The van der Waals surface area contributed by atoms with Crippen LogP contribution in [0.15, 0.2) is 24.3 Å². The lowest BCUT2D eigenvalue weighted by atomic mass is 10.0. The minimum absolute atomic E-state index is 0.150. The number of nitrogens with zero attached hydrogens (tertiary/aromatic N) is 1. The molecule has 1 aliphatic rings. The Hall–Kier alpha value is -1.55. The van der Waals surface area contributed by atoms with Crippen LogP contribution in [0.3, 0.4) is 0 Å². The molecule has 0 bridgehead atoms. The number of carbonyl (C=O) groups excluding carboxylic acids is 1. The Morgan fingerprint density at radius 3 is 2.48 bits per heavy atom. The average Bonchev–Trinajstić information content (AvgIpc) is 3.35. The summed E-state index contributed by atoms with van der Waals surface area (Å²) in [6.45, 7) is 4.68. The number of benzene rings is 1. The van der Waals surface area contributed by atoms with E-state index >= 15 is 0 Å². The number of methoxy groups -OCH3 is 1. The standard InChI is InChI=1S/C17H26N2O2/c1-5-19(3)17(20)12(2)18-16(13-6-7-13)14-8-10-15(21-4)11-9-14/h8-13,16,18H,5-7H2,1-4H3. The fourth-order valence-electron chi connectivity index (χ4n) is 2.57. The molecule has 116 valence electrons. The van der Waals surface area contributed by atoms with Gasteiger partial charge in [0.05, 0.1) is 13.2 Å². The minimum atomic E-state index is -0.164. The van der Waals surface area contributed by atoms with Crippen molar-refractivity contribution in [1.82, 2.24) is 10.2 Å². The molecule has 4 nitrogen and oxygen atoms in total. The number of amides is 1. The van der Waals surface area contributed by atoms with E-state index in [1.807, 2.05) is 33.0 Å². The zero-order valence-corrected chi connectivity index (χ0v) is 13.4. The van der Waals surface area contributed by atoms with Crippen LogP contribution in [0.4, 0.5) is 0 Å². The van der Waals surface area contributed by atoms with Crippen molar-refractivity contribution in [2.75, 3.05) is 20.7 Å². The Kier molecular flexibility index (Phi) is 5.23. The third kappa shape index (κ3) is 3.97. The van der Waals surface area contributed by atoms with Gasteiger partial charge in [-0.25, -0.2) is 0 Å². The van der Waals surface area contributed by atoms with Crippen molar-refractivity contribution in [1.29, 1.82) is 0 Å². The molecule has 4 heteroatoms. The molecule has 1 aromatic carbocycles. The van der Waals surface area contributed by atoms with Gasteiger partial charge in [0.25, 0.3) is 0 Å². The van der Waals surface area contributed by atoms with Crippen LogP contribution >= 0.6 is 0 Å².